The van der Waals surface area contributed by atoms with Crippen LogP contribution in [0.2, 0.25) is 0 Å². The summed E-state index contributed by atoms with van der Waals surface area (Å²) in [6, 6.07) is 0. The van der Waals surface area contributed by atoms with Crippen LogP contribution in [0, 0.1) is 34.0 Å². The Hall–Kier alpha value is -1.57. The average molecular weight is 407 g/mol. The highest BCUT2D eigenvalue weighted by atomic mass is 16.3. The van der Waals surface area contributed by atoms with Gasteiger partial charge in [-0.3, -0.25) is 4.79 Å². The maximum absolute atomic E-state index is 12.5. The highest BCUT2D eigenvalue weighted by Gasteiger charge is 2.55. The monoisotopic (exact) mass is 406 g/mol. The van der Waals surface area contributed by atoms with Crippen molar-refractivity contribution < 1.29 is 9.90 Å². The summed E-state index contributed by atoms with van der Waals surface area (Å²) in [6.07, 6.45) is 16.7. The average Bonchev–Trinajstić information content (AvgIpc) is 2.89. The van der Waals surface area contributed by atoms with Crippen molar-refractivity contribution in [1.82, 2.24) is 0 Å². The van der Waals surface area contributed by atoms with Gasteiger partial charge in [0.25, 0.3) is 0 Å². The summed E-state index contributed by atoms with van der Waals surface area (Å²) in [4.78, 5) is 12.5. The van der Waals surface area contributed by atoms with Crippen LogP contribution in [0.25, 0.3) is 0 Å². The molecule has 1 N–H and O–H groups in total. The maximum Gasteiger partial charge on any atom is 0.220 e. The Labute approximate surface area is 182 Å². The van der Waals surface area contributed by atoms with Gasteiger partial charge in [-0.1, -0.05) is 51.8 Å². The first-order chi connectivity index (χ1) is 14.1. The van der Waals surface area contributed by atoms with Crippen LogP contribution in [0.3, 0.4) is 0 Å². The van der Waals surface area contributed by atoms with Crippen LogP contribution in [0.1, 0.15) is 86.0 Å². The van der Waals surface area contributed by atoms with Crippen LogP contribution in [-0.4, -0.2) is 10.9 Å². The van der Waals surface area contributed by atoms with Crippen molar-refractivity contribution in [1.29, 1.82) is 0 Å². The Kier molecular flexibility index (Phi) is 4.38. The van der Waals surface area contributed by atoms with Crippen LogP contribution < -0.4 is 0 Å². The first-order valence-corrected chi connectivity index (χ1v) is 12.2. The lowest BCUT2D eigenvalue weighted by atomic mass is 9.53. The molecule has 0 aliphatic heterocycles. The number of rotatable bonds is 0. The number of ketones is 1. The largest absolute Gasteiger partial charge is 0.504 e. The molecule has 0 aromatic rings. The molecule has 5 rings (SSSR count). The molecule has 162 valence electrons. The summed E-state index contributed by atoms with van der Waals surface area (Å²) < 4.78 is 0. The van der Waals surface area contributed by atoms with Gasteiger partial charge in [-0.05, 0) is 97.7 Å². The number of aliphatic hydroxyl groups is 1. The fourth-order valence-electron chi connectivity index (χ4n) is 8.21. The van der Waals surface area contributed by atoms with Crippen LogP contribution in [-0.2, 0) is 4.79 Å². The van der Waals surface area contributed by atoms with Gasteiger partial charge < -0.3 is 5.11 Å². The quantitative estimate of drug-likeness (QED) is 0.460. The minimum absolute atomic E-state index is 0.0754. The van der Waals surface area contributed by atoms with E-state index in [1.807, 2.05) is 6.92 Å². The molecule has 0 spiro atoms. The van der Waals surface area contributed by atoms with E-state index in [1.165, 1.54) is 44.9 Å². The number of allylic oxidation sites excluding steroid dienone is 7. The van der Waals surface area contributed by atoms with Crippen LogP contribution in [0.15, 0.2) is 46.3 Å². The summed E-state index contributed by atoms with van der Waals surface area (Å²) in [7, 11) is 0. The van der Waals surface area contributed by atoms with E-state index in [0.717, 1.165) is 35.0 Å². The predicted octanol–water partition coefficient (Wildman–Crippen LogP) is 7.24. The molecule has 2 heteroatoms. The van der Waals surface area contributed by atoms with E-state index in [9.17, 15) is 9.90 Å². The van der Waals surface area contributed by atoms with Crippen LogP contribution >= 0.6 is 0 Å². The highest BCUT2D eigenvalue weighted by Crippen LogP contribution is 2.66. The minimum atomic E-state index is -0.216. The molecule has 5 aliphatic carbocycles. The molecule has 0 radical (unpaired) electrons. The molecule has 0 heterocycles. The van der Waals surface area contributed by atoms with Crippen molar-refractivity contribution in [3.8, 4) is 0 Å². The second kappa shape index (κ2) is 6.47. The molecule has 0 aromatic heterocycles. The summed E-state index contributed by atoms with van der Waals surface area (Å²) in [5, 5.41) is 10.3. The molecule has 0 aromatic carbocycles. The topological polar surface area (TPSA) is 37.3 Å². The Morgan fingerprint density at radius 3 is 2.50 bits per heavy atom. The van der Waals surface area contributed by atoms with Crippen molar-refractivity contribution in [2.75, 3.05) is 0 Å². The molecule has 3 fully saturated rings. The van der Waals surface area contributed by atoms with E-state index in [-0.39, 0.29) is 17.0 Å². The minimum Gasteiger partial charge on any atom is -0.504 e. The summed E-state index contributed by atoms with van der Waals surface area (Å²) in [5.41, 5.74) is 5.32. The number of hydrogen-bond donors (Lipinski definition) is 1. The zero-order valence-electron chi connectivity index (χ0n) is 19.5. The molecule has 0 amide bonds. The van der Waals surface area contributed by atoms with Crippen molar-refractivity contribution >= 4 is 5.78 Å². The molecular weight excluding hydrogens is 368 g/mol. The van der Waals surface area contributed by atoms with Gasteiger partial charge in [-0.2, -0.15) is 0 Å². The van der Waals surface area contributed by atoms with Gasteiger partial charge in [0.2, 0.25) is 5.78 Å². The van der Waals surface area contributed by atoms with Crippen molar-refractivity contribution in [3.05, 3.63) is 46.3 Å². The van der Waals surface area contributed by atoms with E-state index in [0.29, 0.717) is 16.7 Å². The lowest BCUT2D eigenvalue weighted by Gasteiger charge is -2.52. The smallest absolute Gasteiger partial charge is 0.220 e. The van der Waals surface area contributed by atoms with E-state index < -0.39 is 0 Å². The molecule has 3 saturated carbocycles. The third-order valence-corrected chi connectivity index (χ3v) is 10.2. The normalized spacial score (nSPS) is 45.8. The van der Waals surface area contributed by atoms with Gasteiger partial charge in [0.15, 0.2) is 5.76 Å². The maximum atomic E-state index is 12.5. The molecular formula is C28H38O2. The summed E-state index contributed by atoms with van der Waals surface area (Å²) in [6.45, 7) is 11.9. The number of carbonyl (C=O) groups excluding carboxylic acids is 1. The van der Waals surface area contributed by atoms with Gasteiger partial charge in [0, 0.05) is 11.0 Å². The first-order valence-electron chi connectivity index (χ1n) is 12.2. The fraction of sp³-hybridized carbons (Fsp3) is 0.679. The van der Waals surface area contributed by atoms with Gasteiger partial charge in [-0.25, -0.2) is 0 Å². The third kappa shape index (κ3) is 2.71. The second-order valence-corrected chi connectivity index (χ2v) is 12.1. The Balaban J connectivity index is 1.60. The van der Waals surface area contributed by atoms with E-state index >= 15 is 0 Å². The van der Waals surface area contributed by atoms with Gasteiger partial charge in [-0.15, -0.1) is 0 Å². The second-order valence-electron chi connectivity index (χ2n) is 12.1. The van der Waals surface area contributed by atoms with E-state index in [4.69, 9.17) is 0 Å². The molecule has 0 unspecified atom stereocenters. The summed E-state index contributed by atoms with van der Waals surface area (Å²) >= 11 is 0. The van der Waals surface area contributed by atoms with E-state index in [2.05, 4.69) is 39.8 Å². The zero-order valence-corrected chi connectivity index (χ0v) is 19.5. The lowest BCUT2D eigenvalue weighted by molar-refractivity contribution is -0.113. The van der Waals surface area contributed by atoms with Crippen molar-refractivity contribution in [3.63, 3.8) is 0 Å². The van der Waals surface area contributed by atoms with Crippen LogP contribution in [0.5, 0.6) is 0 Å². The molecule has 2 bridgehead atoms. The Morgan fingerprint density at radius 2 is 1.73 bits per heavy atom. The molecule has 5 aliphatic rings. The zero-order chi connectivity index (χ0) is 21.5. The number of carbonyl (C=O) groups is 1. The van der Waals surface area contributed by atoms with Gasteiger partial charge >= 0.3 is 0 Å². The first kappa shape index (κ1) is 20.3. The molecule has 6 atom stereocenters. The summed E-state index contributed by atoms with van der Waals surface area (Å²) in [5.74, 6) is 1.97. The van der Waals surface area contributed by atoms with Crippen LogP contribution in [0.4, 0.5) is 0 Å². The predicted molar refractivity (Wildman–Crippen MR) is 122 cm³/mol. The number of fused-ring (bicyclic) bond motifs is 8. The molecule has 2 nitrogen and oxygen atoms in total. The Bertz CT molecular complexity index is 930. The number of aliphatic hydroxyl groups excluding tert-OH is 1. The SMILES string of the molecule is CC1=C(O)C(=O)C=C2C1=CC=C1[C@@H]3CC[C@@]4(C)CC[C@H](C)C[C@H]4[C@](C)(CC[C@@]21C)C3. The van der Waals surface area contributed by atoms with Crippen molar-refractivity contribution in [2.45, 2.75) is 86.0 Å². The third-order valence-electron chi connectivity index (χ3n) is 10.2. The van der Waals surface area contributed by atoms with Crippen molar-refractivity contribution in [2.24, 2.45) is 34.0 Å². The van der Waals surface area contributed by atoms with Gasteiger partial charge in [0.1, 0.15) is 0 Å². The molecule has 30 heavy (non-hydrogen) atoms. The lowest BCUT2D eigenvalue weighted by Crippen LogP contribution is -2.42. The number of hydrogen-bond acceptors (Lipinski definition) is 2. The van der Waals surface area contributed by atoms with Gasteiger partial charge in [0.05, 0.1) is 0 Å². The molecule has 0 saturated heterocycles. The van der Waals surface area contributed by atoms with E-state index in [1.54, 1.807) is 11.6 Å². The standard InChI is InChI=1S/C28H38O2/c1-17-8-10-26(3)11-9-19-16-27(4,24(26)14-17)12-13-28(5)21(19)7-6-20-18(2)25(30)23(29)15-22(20)28/h6-7,15,17,19,24,30H,8-14,16H2,1-5H3/t17-,19+,24+,26+,27+,28+/m0/s1. The Morgan fingerprint density at radius 1 is 1.00 bits per heavy atom. The highest BCUT2D eigenvalue weighted by molar-refractivity contribution is 6.06. The fourth-order valence-corrected chi connectivity index (χ4v) is 8.21.